The van der Waals surface area contributed by atoms with Crippen LogP contribution in [0.5, 0.6) is 11.5 Å². The average molecular weight is 283 g/mol. The lowest BCUT2D eigenvalue weighted by Crippen LogP contribution is -2.22. The Hall–Kier alpha value is -2.35. The van der Waals surface area contributed by atoms with Gasteiger partial charge >= 0.3 is 5.97 Å². The first kappa shape index (κ1) is 14.1. The fourth-order valence-corrected chi connectivity index (χ4v) is 1.88. The Labute approximate surface area is 114 Å². The van der Waals surface area contributed by atoms with Crippen LogP contribution < -0.4 is 9.47 Å². The number of hydrogen-bond donors (Lipinski definition) is 1. The summed E-state index contributed by atoms with van der Waals surface area (Å²) in [6, 6.07) is 2.45. The van der Waals surface area contributed by atoms with Gasteiger partial charge in [-0.2, -0.15) is 0 Å². The Kier molecular flexibility index (Phi) is 4.04. The van der Waals surface area contributed by atoms with Crippen LogP contribution in [0.3, 0.4) is 0 Å². The molecule has 0 aromatic heterocycles. The fraction of sp³-hybridized carbons (Fsp3) is 0.417. The number of aliphatic hydroxyl groups excluding tert-OH is 1. The summed E-state index contributed by atoms with van der Waals surface area (Å²) in [4.78, 5) is 21.7. The third kappa shape index (κ3) is 2.64. The van der Waals surface area contributed by atoms with Crippen LogP contribution in [0.4, 0.5) is 5.69 Å². The van der Waals surface area contributed by atoms with Crippen LogP contribution in [0.25, 0.3) is 0 Å². The monoisotopic (exact) mass is 283 g/mol. The predicted octanol–water partition coefficient (Wildman–Crippen LogP) is 0.790. The van der Waals surface area contributed by atoms with Crippen molar-refractivity contribution in [2.45, 2.75) is 19.1 Å². The summed E-state index contributed by atoms with van der Waals surface area (Å²) in [6.07, 6.45) is -0.430. The molecule has 1 unspecified atom stereocenters. The molecule has 8 heteroatoms. The van der Waals surface area contributed by atoms with Crippen LogP contribution in [0.2, 0.25) is 0 Å². The number of hydrogen-bond acceptors (Lipinski definition) is 7. The number of cyclic esters (lactones) is 1. The Morgan fingerprint density at radius 2 is 2.25 bits per heavy atom. The highest BCUT2D eigenvalue weighted by Crippen LogP contribution is 2.36. The number of benzene rings is 1. The van der Waals surface area contributed by atoms with Crippen molar-refractivity contribution in [3.05, 3.63) is 27.8 Å². The summed E-state index contributed by atoms with van der Waals surface area (Å²) in [6.45, 7) is -0.249. The molecule has 1 aromatic rings. The van der Waals surface area contributed by atoms with Gasteiger partial charge in [0.2, 0.25) is 0 Å². The lowest BCUT2D eigenvalue weighted by Gasteiger charge is -2.14. The molecule has 1 aliphatic heterocycles. The minimum atomic E-state index is -0.802. The maximum absolute atomic E-state index is 11.4. The van der Waals surface area contributed by atoms with E-state index in [1.165, 1.54) is 13.2 Å². The van der Waals surface area contributed by atoms with E-state index in [-0.39, 0.29) is 29.4 Å². The van der Waals surface area contributed by atoms with Gasteiger partial charge in [-0.3, -0.25) is 10.1 Å². The minimum Gasteiger partial charge on any atom is -0.493 e. The number of nitro benzene ring substituents is 1. The SMILES string of the molecule is COc1cc(CO)c([N+](=O)[O-])cc1OC1CCOC1=O. The number of ether oxygens (including phenoxy) is 3. The molecule has 1 atom stereocenters. The molecule has 108 valence electrons. The van der Waals surface area contributed by atoms with E-state index in [1.54, 1.807) is 0 Å². The normalized spacial score (nSPS) is 17.7. The largest absolute Gasteiger partial charge is 0.493 e. The van der Waals surface area contributed by atoms with Crippen molar-refractivity contribution < 1.29 is 29.0 Å². The van der Waals surface area contributed by atoms with E-state index >= 15 is 0 Å². The molecule has 0 bridgehead atoms. The average Bonchev–Trinajstić information content (AvgIpc) is 2.83. The second kappa shape index (κ2) is 5.74. The van der Waals surface area contributed by atoms with Gasteiger partial charge in [-0.1, -0.05) is 0 Å². The number of carbonyl (C=O) groups excluding carboxylic acids is 1. The van der Waals surface area contributed by atoms with Crippen LogP contribution in [0.15, 0.2) is 12.1 Å². The van der Waals surface area contributed by atoms with Gasteiger partial charge in [0.1, 0.15) is 0 Å². The number of nitro groups is 1. The zero-order chi connectivity index (χ0) is 14.7. The molecule has 0 saturated carbocycles. The van der Waals surface area contributed by atoms with Crippen molar-refractivity contribution >= 4 is 11.7 Å². The molecule has 8 nitrogen and oxygen atoms in total. The number of carbonyl (C=O) groups is 1. The molecule has 0 radical (unpaired) electrons. The van der Waals surface area contributed by atoms with Crippen LogP contribution in [0, 0.1) is 10.1 Å². The van der Waals surface area contributed by atoms with E-state index in [1.807, 2.05) is 0 Å². The second-order valence-electron chi connectivity index (χ2n) is 4.11. The van der Waals surface area contributed by atoms with E-state index in [4.69, 9.17) is 19.3 Å². The summed E-state index contributed by atoms with van der Waals surface area (Å²) in [5, 5.41) is 20.1. The topological polar surface area (TPSA) is 108 Å². The first-order chi connectivity index (χ1) is 9.56. The number of nitrogens with zero attached hydrogens (tertiary/aromatic N) is 1. The molecule has 20 heavy (non-hydrogen) atoms. The van der Waals surface area contributed by atoms with Crippen LogP contribution in [0.1, 0.15) is 12.0 Å². The summed E-state index contributed by atoms with van der Waals surface area (Å²) in [5.41, 5.74) is -0.192. The van der Waals surface area contributed by atoms with E-state index in [9.17, 15) is 14.9 Å². The van der Waals surface area contributed by atoms with E-state index in [0.29, 0.717) is 6.42 Å². The van der Waals surface area contributed by atoms with Crippen molar-refractivity contribution in [2.75, 3.05) is 13.7 Å². The highest BCUT2D eigenvalue weighted by molar-refractivity contribution is 5.77. The van der Waals surface area contributed by atoms with Crippen LogP contribution in [-0.4, -0.2) is 35.8 Å². The van der Waals surface area contributed by atoms with Gasteiger partial charge in [-0.25, -0.2) is 4.79 Å². The first-order valence-electron chi connectivity index (χ1n) is 5.86. The maximum atomic E-state index is 11.4. The van der Waals surface area contributed by atoms with Crippen molar-refractivity contribution in [3.8, 4) is 11.5 Å². The van der Waals surface area contributed by atoms with Gasteiger partial charge in [0, 0.05) is 6.42 Å². The molecule has 1 aromatic carbocycles. The molecule has 2 rings (SSSR count). The van der Waals surface area contributed by atoms with Gasteiger partial charge in [-0.05, 0) is 6.07 Å². The lowest BCUT2D eigenvalue weighted by molar-refractivity contribution is -0.386. The molecule has 0 spiro atoms. The Morgan fingerprint density at radius 3 is 2.75 bits per heavy atom. The summed E-state index contributed by atoms with van der Waals surface area (Å²) < 4.78 is 15.2. The third-order valence-corrected chi connectivity index (χ3v) is 2.89. The number of aliphatic hydroxyl groups is 1. The molecule has 0 amide bonds. The number of esters is 1. The van der Waals surface area contributed by atoms with E-state index in [2.05, 4.69) is 0 Å². The van der Waals surface area contributed by atoms with Gasteiger partial charge in [0.15, 0.2) is 17.6 Å². The highest BCUT2D eigenvalue weighted by atomic mass is 16.6. The molecule has 1 heterocycles. The van der Waals surface area contributed by atoms with Gasteiger partial charge in [0.25, 0.3) is 5.69 Å². The molecule has 1 saturated heterocycles. The Morgan fingerprint density at radius 1 is 1.50 bits per heavy atom. The highest BCUT2D eigenvalue weighted by Gasteiger charge is 2.30. The predicted molar refractivity (Wildman–Crippen MR) is 65.6 cm³/mol. The van der Waals surface area contributed by atoms with Crippen molar-refractivity contribution in [2.24, 2.45) is 0 Å². The molecule has 1 fully saturated rings. The number of methoxy groups -OCH3 is 1. The zero-order valence-corrected chi connectivity index (χ0v) is 10.7. The minimum absolute atomic E-state index is 0.0697. The van der Waals surface area contributed by atoms with Crippen molar-refractivity contribution in [1.82, 2.24) is 0 Å². The van der Waals surface area contributed by atoms with E-state index in [0.717, 1.165) is 6.07 Å². The molecule has 0 aliphatic carbocycles. The molecule has 1 N–H and O–H groups in total. The summed E-state index contributed by atoms with van der Waals surface area (Å²) >= 11 is 0. The standard InChI is InChI=1S/C12H13NO7/c1-18-10-4-7(6-14)8(13(16)17)5-11(10)20-9-2-3-19-12(9)15/h4-5,9,14H,2-3,6H2,1H3. The maximum Gasteiger partial charge on any atom is 0.347 e. The van der Waals surface area contributed by atoms with Crippen molar-refractivity contribution in [1.29, 1.82) is 0 Å². The molecular formula is C12H13NO7. The summed E-state index contributed by atoms with van der Waals surface area (Å²) in [7, 11) is 1.36. The lowest BCUT2D eigenvalue weighted by atomic mass is 10.1. The second-order valence-corrected chi connectivity index (χ2v) is 4.11. The third-order valence-electron chi connectivity index (χ3n) is 2.89. The van der Waals surface area contributed by atoms with Gasteiger partial charge < -0.3 is 19.3 Å². The summed E-state index contributed by atoms with van der Waals surface area (Å²) in [5.74, 6) is -0.236. The Balaban J connectivity index is 2.37. The van der Waals surface area contributed by atoms with Crippen LogP contribution >= 0.6 is 0 Å². The Bertz CT molecular complexity index is 543. The number of rotatable bonds is 5. The zero-order valence-electron chi connectivity index (χ0n) is 10.7. The molecule has 1 aliphatic rings. The van der Waals surface area contributed by atoms with Crippen molar-refractivity contribution in [3.63, 3.8) is 0 Å². The first-order valence-corrected chi connectivity index (χ1v) is 5.86. The molecular weight excluding hydrogens is 270 g/mol. The van der Waals surface area contributed by atoms with Crippen LogP contribution in [-0.2, 0) is 16.1 Å². The van der Waals surface area contributed by atoms with E-state index < -0.39 is 23.6 Å². The smallest absolute Gasteiger partial charge is 0.347 e. The van der Waals surface area contributed by atoms with Gasteiger partial charge in [0.05, 0.1) is 36.9 Å². The fourth-order valence-electron chi connectivity index (χ4n) is 1.88. The van der Waals surface area contributed by atoms with Gasteiger partial charge in [-0.15, -0.1) is 0 Å². The quantitative estimate of drug-likeness (QED) is 0.483.